The summed E-state index contributed by atoms with van der Waals surface area (Å²) in [5, 5.41) is 4.08. The summed E-state index contributed by atoms with van der Waals surface area (Å²) in [5.74, 6) is 0.231. The van der Waals surface area contributed by atoms with Gasteiger partial charge < -0.3 is 5.73 Å². The number of hydrogen-bond donors (Lipinski definition) is 1. The highest BCUT2D eigenvalue weighted by atomic mass is 19.1. The highest BCUT2D eigenvalue weighted by molar-refractivity contribution is 5.60. The molecule has 0 fully saturated rings. The Morgan fingerprint density at radius 3 is 2.47 bits per heavy atom. The molecule has 0 radical (unpaired) electrons. The fourth-order valence-electron chi connectivity index (χ4n) is 1.87. The summed E-state index contributed by atoms with van der Waals surface area (Å²) in [4.78, 5) is 4.18. The molecule has 0 saturated heterocycles. The Kier molecular flexibility index (Phi) is 2.72. The molecule has 2 N–H and O–H groups in total. The van der Waals surface area contributed by atoms with E-state index >= 15 is 0 Å². The zero-order valence-electron chi connectivity index (χ0n) is 9.99. The number of para-hydroxylation sites is 1. The lowest BCUT2D eigenvalue weighted by Crippen LogP contribution is -2.02. The fourth-order valence-corrected chi connectivity index (χ4v) is 1.87. The van der Waals surface area contributed by atoms with Crippen molar-refractivity contribution >= 4 is 5.69 Å². The van der Waals surface area contributed by atoms with E-state index in [2.05, 4.69) is 10.1 Å². The molecule has 2 aromatic carbocycles. The van der Waals surface area contributed by atoms with Gasteiger partial charge in [0.25, 0.3) is 0 Å². The molecule has 3 rings (SSSR count). The molecule has 0 aliphatic heterocycles. The van der Waals surface area contributed by atoms with Crippen molar-refractivity contribution in [2.45, 2.75) is 0 Å². The molecule has 0 amide bonds. The van der Waals surface area contributed by atoms with E-state index in [0.29, 0.717) is 17.2 Å². The minimum Gasteiger partial charge on any atom is -0.399 e. The lowest BCUT2D eigenvalue weighted by atomic mass is 10.2. The third-order valence-corrected chi connectivity index (χ3v) is 2.80. The van der Waals surface area contributed by atoms with Crippen LogP contribution in [0.15, 0.2) is 54.9 Å². The summed E-state index contributed by atoms with van der Waals surface area (Å²) in [7, 11) is 0. The van der Waals surface area contributed by atoms with Gasteiger partial charge in [0.05, 0.1) is 0 Å². The van der Waals surface area contributed by atoms with Crippen LogP contribution in [0.2, 0.25) is 0 Å². The van der Waals surface area contributed by atoms with E-state index in [-0.39, 0.29) is 5.82 Å². The van der Waals surface area contributed by atoms with Crippen LogP contribution < -0.4 is 5.73 Å². The van der Waals surface area contributed by atoms with E-state index in [4.69, 9.17) is 5.73 Å². The van der Waals surface area contributed by atoms with Crippen LogP contribution in [0, 0.1) is 5.82 Å². The van der Waals surface area contributed by atoms with Crippen molar-refractivity contribution in [3.05, 3.63) is 60.7 Å². The van der Waals surface area contributed by atoms with Crippen LogP contribution in [0.4, 0.5) is 10.1 Å². The van der Waals surface area contributed by atoms with E-state index in [1.165, 1.54) is 17.1 Å². The molecule has 1 heterocycles. The predicted molar refractivity (Wildman–Crippen MR) is 71.2 cm³/mol. The van der Waals surface area contributed by atoms with Gasteiger partial charge in [0.15, 0.2) is 5.82 Å². The first-order valence-corrected chi connectivity index (χ1v) is 5.76. The average Bonchev–Trinajstić information content (AvgIpc) is 2.89. The van der Waals surface area contributed by atoms with E-state index in [1.807, 2.05) is 12.1 Å². The van der Waals surface area contributed by atoms with Crippen LogP contribution >= 0.6 is 0 Å². The summed E-state index contributed by atoms with van der Waals surface area (Å²) in [6, 6.07) is 13.7. The fraction of sp³-hybridized carbons (Fsp3) is 0. The lowest BCUT2D eigenvalue weighted by molar-refractivity contribution is 0.611. The van der Waals surface area contributed by atoms with Gasteiger partial charge in [0.2, 0.25) is 0 Å². The Morgan fingerprint density at radius 2 is 1.74 bits per heavy atom. The van der Waals surface area contributed by atoms with Gasteiger partial charge in [-0.3, -0.25) is 0 Å². The summed E-state index contributed by atoms with van der Waals surface area (Å²) in [6.45, 7) is 0. The van der Waals surface area contributed by atoms with Gasteiger partial charge in [0, 0.05) is 11.3 Å². The summed E-state index contributed by atoms with van der Waals surface area (Å²) in [6.07, 6.45) is 1.40. The average molecular weight is 254 g/mol. The second kappa shape index (κ2) is 4.53. The Labute approximate surface area is 109 Å². The van der Waals surface area contributed by atoms with Crippen LogP contribution in [-0.2, 0) is 0 Å². The number of nitrogens with two attached hydrogens (primary N) is 1. The van der Waals surface area contributed by atoms with Crippen molar-refractivity contribution in [1.29, 1.82) is 0 Å². The number of anilines is 1. The molecular formula is C14H11FN4. The number of nitrogens with zero attached hydrogens (tertiary/aromatic N) is 3. The van der Waals surface area contributed by atoms with Gasteiger partial charge in [-0.05, 0) is 36.4 Å². The van der Waals surface area contributed by atoms with Crippen molar-refractivity contribution in [3.63, 3.8) is 0 Å². The normalized spacial score (nSPS) is 10.6. The smallest absolute Gasteiger partial charge is 0.163 e. The van der Waals surface area contributed by atoms with Crippen LogP contribution in [0.5, 0.6) is 0 Å². The van der Waals surface area contributed by atoms with Gasteiger partial charge in [-0.15, -0.1) is 0 Å². The van der Waals surface area contributed by atoms with Crippen LogP contribution in [0.25, 0.3) is 17.1 Å². The molecule has 0 spiro atoms. The van der Waals surface area contributed by atoms with Crippen LogP contribution in [0.3, 0.4) is 0 Å². The molecule has 5 heteroatoms. The molecule has 0 bridgehead atoms. The van der Waals surface area contributed by atoms with Crippen molar-refractivity contribution in [1.82, 2.24) is 14.8 Å². The van der Waals surface area contributed by atoms with Gasteiger partial charge in [-0.1, -0.05) is 12.1 Å². The SMILES string of the molecule is Nc1ccc(-c2ncnn2-c2ccccc2F)cc1. The number of hydrogen-bond acceptors (Lipinski definition) is 3. The quantitative estimate of drug-likeness (QED) is 0.715. The van der Waals surface area contributed by atoms with E-state index in [9.17, 15) is 4.39 Å². The first-order chi connectivity index (χ1) is 9.25. The molecule has 0 atom stereocenters. The predicted octanol–water partition coefficient (Wildman–Crippen LogP) is 2.66. The first-order valence-electron chi connectivity index (χ1n) is 5.76. The molecule has 3 aromatic rings. The second-order valence-corrected chi connectivity index (χ2v) is 4.07. The van der Waals surface area contributed by atoms with Crippen LogP contribution in [0.1, 0.15) is 0 Å². The second-order valence-electron chi connectivity index (χ2n) is 4.07. The molecular weight excluding hydrogens is 243 g/mol. The number of nitrogen functional groups attached to an aromatic ring is 1. The minimum absolute atomic E-state index is 0.343. The Balaban J connectivity index is 2.13. The monoisotopic (exact) mass is 254 g/mol. The summed E-state index contributed by atoms with van der Waals surface area (Å²) < 4.78 is 15.3. The van der Waals surface area contributed by atoms with Gasteiger partial charge in [-0.2, -0.15) is 5.10 Å². The number of rotatable bonds is 2. The molecule has 1 aromatic heterocycles. The zero-order valence-corrected chi connectivity index (χ0v) is 9.99. The van der Waals surface area contributed by atoms with Gasteiger partial charge in [0.1, 0.15) is 17.8 Å². The maximum Gasteiger partial charge on any atom is 0.163 e. The largest absolute Gasteiger partial charge is 0.399 e. The highest BCUT2D eigenvalue weighted by Crippen LogP contribution is 2.22. The van der Waals surface area contributed by atoms with Crippen molar-refractivity contribution in [2.75, 3.05) is 5.73 Å². The summed E-state index contributed by atoms with van der Waals surface area (Å²) in [5.41, 5.74) is 7.51. The molecule has 0 saturated carbocycles. The molecule has 0 aliphatic carbocycles. The molecule has 0 unspecified atom stereocenters. The third-order valence-electron chi connectivity index (χ3n) is 2.80. The molecule has 4 nitrogen and oxygen atoms in total. The standard InChI is InChI=1S/C14H11FN4/c15-12-3-1-2-4-13(12)19-14(17-9-18-19)10-5-7-11(16)8-6-10/h1-9H,16H2. The maximum atomic E-state index is 13.8. The van der Waals surface area contributed by atoms with E-state index in [0.717, 1.165) is 5.56 Å². The van der Waals surface area contributed by atoms with E-state index in [1.54, 1.807) is 30.3 Å². The molecule has 94 valence electrons. The lowest BCUT2D eigenvalue weighted by Gasteiger charge is -2.07. The molecule has 0 aliphatic rings. The van der Waals surface area contributed by atoms with Gasteiger partial charge >= 0.3 is 0 Å². The zero-order chi connectivity index (χ0) is 13.2. The highest BCUT2D eigenvalue weighted by Gasteiger charge is 2.11. The number of benzene rings is 2. The minimum atomic E-state index is -0.343. The topological polar surface area (TPSA) is 56.7 Å². The molecule has 19 heavy (non-hydrogen) atoms. The van der Waals surface area contributed by atoms with Crippen molar-refractivity contribution in [3.8, 4) is 17.1 Å². The van der Waals surface area contributed by atoms with Crippen molar-refractivity contribution < 1.29 is 4.39 Å². The van der Waals surface area contributed by atoms with E-state index < -0.39 is 0 Å². The number of aromatic nitrogens is 3. The number of halogens is 1. The summed E-state index contributed by atoms with van der Waals surface area (Å²) >= 11 is 0. The van der Waals surface area contributed by atoms with Crippen LogP contribution in [-0.4, -0.2) is 14.8 Å². The Bertz CT molecular complexity index is 703. The van der Waals surface area contributed by atoms with Crippen molar-refractivity contribution in [2.24, 2.45) is 0 Å². The first kappa shape index (κ1) is 11.4. The maximum absolute atomic E-state index is 13.8. The Hall–Kier alpha value is -2.69. The third kappa shape index (κ3) is 2.06. The van der Waals surface area contributed by atoms with Gasteiger partial charge in [-0.25, -0.2) is 14.1 Å². The Morgan fingerprint density at radius 1 is 1.00 bits per heavy atom.